The van der Waals surface area contributed by atoms with Crippen LogP contribution >= 0.6 is 11.3 Å². The quantitative estimate of drug-likeness (QED) is 0.759. The average Bonchev–Trinajstić information content (AvgIpc) is 2.83. The third kappa shape index (κ3) is 3.82. The molecular weight excluding hydrogens is 264 g/mol. The van der Waals surface area contributed by atoms with Crippen molar-refractivity contribution in [1.82, 2.24) is 19.5 Å². The Morgan fingerprint density at radius 3 is 3.05 bits per heavy atom. The third-order valence-corrected chi connectivity index (χ3v) is 3.54. The predicted molar refractivity (Wildman–Crippen MR) is 74.4 cm³/mol. The molecule has 0 aliphatic carbocycles. The minimum Gasteiger partial charge on any atom is -0.396 e. The molecule has 0 radical (unpaired) electrons. The highest BCUT2D eigenvalue weighted by molar-refractivity contribution is 7.14. The number of unbranched alkanes of at least 4 members (excludes halogenated alkanes) is 2. The van der Waals surface area contributed by atoms with E-state index in [9.17, 15) is 4.79 Å². The van der Waals surface area contributed by atoms with Gasteiger partial charge in [-0.15, -0.1) is 0 Å². The second kappa shape index (κ2) is 6.74. The summed E-state index contributed by atoms with van der Waals surface area (Å²) in [6.45, 7) is 1.84. The van der Waals surface area contributed by atoms with Gasteiger partial charge in [0, 0.05) is 19.2 Å². The summed E-state index contributed by atoms with van der Waals surface area (Å²) >= 11 is 1.36. The average molecular weight is 282 g/mol. The zero-order valence-corrected chi connectivity index (χ0v) is 11.8. The van der Waals surface area contributed by atoms with Crippen molar-refractivity contribution in [3.63, 3.8) is 0 Å². The molecule has 0 fully saturated rings. The van der Waals surface area contributed by atoms with Crippen molar-refractivity contribution < 1.29 is 5.11 Å². The Labute approximate surface area is 115 Å². The van der Waals surface area contributed by atoms with Crippen molar-refractivity contribution in [2.24, 2.45) is 0 Å². The Hall–Kier alpha value is -1.31. The van der Waals surface area contributed by atoms with Gasteiger partial charge in [-0.2, -0.15) is 9.61 Å². The minimum absolute atomic E-state index is 0.130. The molecule has 0 unspecified atom stereocenters. The third-order valence-electron chi connectivity index (χ3n) is 2.87. The summed E-state index contributed by atoms with van der Waals surface area (Å²) in [5.74, 6) is 0. The number of fused-ring (bicyclic) bond motifs is 1. The fraction of sp³-hybridized carbons (Fsp3) is 0.583. The van der Waals surface area contributed by atoms with Crippen LogP contribution in [-0.4, -0.2) is 44.8 Å². The number of nitrogens with zero attached hydrogens (tertiary/aromatic N) is 4. The highest BCUT2D eigenvalue weighted by Gasteiger charge is 2.06. The molecule has 0 saturated carbocycles. The first-order valence-corrected chi connectivity index (χ1v) is 7.20. The van der Waals surface area contributed by atoms with Gasteiger partial charge in [0.2, 0.25) is 4.96 Å². The number of aromatic nitrogens is 3. The second-order valence-electron chi connectivity index (χ2n) is 4.54. The molecule has 2 rings (SSSR count). The maximum absolute atomic E-state index is 11.8. The highest BCUT2D eigenvalue weighted by atomic mass is 32.1. The topological polar surface area (TPSA) is 70.7 Å². The molecule has 7 heteroatoms. The lowest BCUT2D eigenvalue weighted by molar-refractivity contribution is 0.270. The van der Waals surface area contributed by atoms with E-state index < -0.39 is 0 Å². The van der Waals surface area contributed by atoms with Crippen LogP contribution in [0.2, 0.25) is 0 Å². The number of hydrogen-bond acceptors (Lipinski definition) is 6. The maximum atomic E-state index is 11.8. The van der Waals surface area contributed by atoms with Crippen LogP contribution in [0.5, 0.6) is 0 Å². The molecule has 2 aromatic heterocycles. The van der Waals surface area contributed by atoms with E-state index in [-0.39, 0.29) is 12.2 Å². The summed E-state index contributed by atoms with van der Waals surface area (Å²) in [6.07, 6.45) is 2.91. The zero-order chi connectivity index (χ0) is 13.7. The van der Waals surface area contributed by atoms with Gasteiger partial charge in [0.05, 0.1) is 5.69 Å². The van der Waals surface area contributed by atoms with Crippen LogP contribution in [0.15, 0.2) is 16.4 Å². The Morgan fingerprint density at radius 2 is 2.26 bits per heavy atom. The molecule has 0 atom stereocenters. The molecule has 0 aliphatic heterocycles. The zero-order valence-electron chi connectivity index (χ0n) is 10.9. The van der Waals surface area contributed by atoms with E-state index in [0.717, 1.165) is 31.5 Å². The Kier molecular flexibility index (Phi) is 5.00. The number of aliphatic hydroxyl groups is 1. The summed E-state index contributed by atoms with van der Waals surface area (Å²) in [5.41, 5.74) is 2.26. The van der Waals surface area contributed by atoms with Crippen LogP contribution in [0.3, 0.4) is 0 Å². The first-order valence-electron chi connectivity index (χ1n) is 6.32. The molecular formula is C12H18N4O2S. The lowest BCUT2D eigenvalue weighted by Gasteiger charge is -2.15. The predicted octanol–water partition coefficient (Wildman–Crippen LogP) is 0.745. The van der Waals surface area contributed by atoms with Gasteiger partial charge in [-0.05, 0) is 32.9 Å². The van der Waals surface area contributed by atoms with E-state index in [2.05, 4.69) is 15.0 Å². The molecule has 0 bridgehead atoms. The van der Waals surface area contributed by atoms with Gasteiger partial charge in [-0.25, -0.2) is 4.98 Å². The Morgan fingerprint density at radius 1 is 1.42 bits per heavy atom. The van der Waals surface area contributed by atoms with Crippen LogP contribution < -0.4 is 5.56 Å². The van der Waals surface area contributed by atoms with Crippen molar-refractivity contribution >= 4 is 16.3 Å². The smallest absolute Gasteiger partial charge is 0.275 e. The minimum atomic E-state index is -0.130. The van der Waals surface area contributed by atoms with Crippen LogP contribution in [0.25, 0.3) is 4.96 Å². The molecule has 19 heavy (non-hydrogen) atoms. The van der Waals surface area contributed by atoms with Gasteiger partial charge in [-0.3, -0.25) is 4.79 Å². The van der Waals surface area contributed by atoms with Crippen molar-refractivity contribution in [3.05, 3.63) is 27.6 Å². The van der Waals surface area contributed by atoms with E-state index in [1.807, 2.05) is 7.05 Å². The monoisotopic (exact) mass is 282 g/mol. The Balaban J connectivity index is 1.95. The van der Waals surface area contributed by atoms with E-state index in [1.54, 1.807) is 5.51 Å². The van der Waals surface area contributed by atoms with Gasteiger partial charge in [-0.1, -0.05) is 11.3 Å². The summed E-state index contributed by atoms with van der Waals surface area (Å²) in [6, 6.07) is 1.54. The molecule has 0 aromatic carbocycles. The van der Waals surface area contributed by atoms with Gasteiger partial charge in [0.1, 0.15) is 5.51 Å². The van der Waals surface area contributed by atoms with E-state index >= 15 is 0 Å². The highest BCUT2D eigenvalue weighted by Crippen LogP contribution is 2.06. The molecule has 1 N–H and O–H groups in total. The second-order valence-corrected chi connectivity index (χ2v) is 5.35. The lowest BCUT2D eigenvalue weighted by Crippen LogP contribution is -2.22. The van der Waals surface area contributed by atoms with Crippen molar-refractivity contribution in [1.29, 1.82) is 0 Å². The largest absolute Gasteiger partial charge is 0.396 e. The van der Waals surface area contributed by atoms with E-state index in [1.165, 1.54) is 21.9 Å². The number of hydrogen-bond donors (Lipinski definition) is 1. The van der Waals surface area contributed by atoms with Crippen LogP contribution in [-0.2, 0) is 6.54 Å². The van der Waals surface area contributed by atoms with E-state index in [0.29, 0.717) is 11.5 Å². The fourth-order valence-electron chi connectivity index (χ4n) is 1.91. The summed E-state index contributed by atoms with van der Waals surface area (Å²) in [4.78, 5) is 19.0. The Bertz CT molecular complexity index is 580. The standard InChI is InChI=1S/C12H18N4O2S/c1-15(5-3-2-4-6-17)8-10-7-11(18)16-12(14-10)19-9-13-16/h7,9,17H,2-6,8H2,1H3. The molecule has 104 valence electrons. The van der Waals surface area contributed by atoms with Gasteiger partial charge in [0.25, 0.3) is 5.56 Å². The van der Waals surface area contributed by atoms with E-state index in [4.69, 9.17) is 5.11 Å². The van der Waals surface area contributed by atoms with Gasteiger partial charge >= 0.3 is 0 Å². The fourth-order valence-corrected chi connectivity index (χ4v) is 2.55. The molecule has 2 aromatic rings. The van der Waals surface area contributed by atoms with Crippen molar-refractivity contribution in [2.45, 2.75) is 25.8 Å². The van der Waals surface area contributed by atoms with Gasteiger partial charge < -0.3 is 10.0 Å². The summed E-state index contributed by atoms with van der Waals surface area (Å²) in [5, 5.41) is 12.6. The maximum Gasteiger partial charge on any atom is 0.275 e. The lowest BCUT2D eigenvalue weighted by atomic mass is 10.2. The SMILES string of the molecule is CN(CCCCCO)Cc1cc(=O)n2ncsc2n1. The van der Waals surface area contributed by atoms with Crippen LogP contribution in [0, 0.1) is 0 Å². The first kappa shape index (κ1) is 14.1. The van der Waals surface area contributed by atoms with Crippen molar-refractivity contribution in [3.8, 4) is 0 Å². The number of aliphatic hydroxyl groups excluding tert-OH is 1. The van der Waals surface area contributed by atoms with Crippen LogP contribution in [0.4, 0.5) is 0 Å². The molecule has 0 amide bonds. The molecule has 2 heterocycles. The summed E-state index contributed by atoms with van der Waals surface area (Å²) < 4.78 is 1.31. The normalized spacial score (nSPS) is 11.5. The number of rotatable bonds is 7. The first-order chi connectivity index (χ1) is 9.20. The molecule has 0 spiro atoms. The summed E-state index contributed by atoms with van der Waals surface area (Å²) in [7, 11) is 2.01. The van der Waals surface area contributed by atoms with Crippen molar-refractivity contribution in [2.75, 3.05) is 20.2 Å². The van der Waals surface area contributed by atoms with Gasteiger partial charge in [0.15, 0.2) is 0 Å². The molecule has 0 saturated heterocycles. The molecule has 6 nitrogen and oxygen atoms in total. The van der Waals surface area contributed by atoms with Crippen LogP contribution in [0.1, 0.15) is 25.0 Å². The molecule has 0 aliphatic rings.